The van der Waals surface area contributed by atoms with E-state index in [9.17, 15) is 19.2 Å². The molecule has 0 aliphatic heterocycles. The van der Waals surface area contributed by atoms with Crippen molar-refractivity contribution in [1.29, 1.82) is 0 Å². The molecule has 3 aromatic carbocycles. The highest BCUT2D eigenvalue weighted by Crippen LogP contribution is 2.37. The number of anilines is 2. The standard InChI is InChI=1S/C29H30N2O6S/c1-2-3-18-37-29(36)21-12-14-22(15-13-21)31-28(35)27(20-8-5-4-6-9-20)38-24-11-7-10-23(19-24)30-25(32)16-17-26(33)34/h4-15,19,27H,2-3,16-18H2,1H3,(H,30,32)(H,31,35)(H,33,34). The third-order valence-corrected chi connectivity index (χ3v) is 6.65. The number of carbonyl (C=O) groups is 4. The highest BCUT2D eigenvalue weighted by Gasteiger charge is 2.23. The van der Waals surface area contributed by atoms with Crippen LogP contribution in [0.2, 0.25) is 0 Å². The van der Waals surface area contributed by atoms with Crippen LogP contribution in [-0.4, -0.2) is 35.5 Å². The van der Waals surface area contributed by atoms with Crippen LogP contribution in [0.1, 0.15) is 53.8 Å². The van der Waals surface area contributed by atoms with Crippen molar-refractivity contribution in [2.24, 2.45) is 0 Å². The van der Waals surface area contributed by atoms with Gasteiger partial charge in [0.15, 0.2) is 0 Å². The lowest BCUT2D eigenvalue weighted by molar-refractivity contribution is -0.138. The molecule has 0 fully saturated rings. The number of benzene rings is 3. The Balaban J connectivity index is 1.71. The summed E-state index contributed by atoms with van der Waals surface area (Å²) in [4.78, 5) is 49.0. The molecule has 1 atom stereocenters. The molecule has 0 aliphatic rings. The van der Waals surface area contributed by atoms with Gasteiger partial charge in [-0.3, -0.25) is 14.4 Å². The lowest BCUT2D eigenvalue weighted by Gasteiger charge is -2.18. The first-order chi connectivity index (χ1) is 18.4. The number of unbranched alkanes of at least 4 members (excludes halogenated alkanes) is 1. The van der Waals surface area contributed by atoms with Gasteiger partial charge in [0.25, 0.3) is 0 Å². The Morgan fingerprint density at radius 2 is 1.61 bits per heavy atom. The molecule has 3 rings (SSSR count). The number of nitrogens with one attached hydrogen (secondary N) is 2. The lowest BCUT2D eigenvalue weighted by Crippen LogP contribution is -2.19. The molecule has 2 amide bonds. The maximum absolute atomic E-state index is 13.4. The Hall–Kier alpha value is -4.11. The minimum Gasteiger partial charge on any atom is -0.481 e. The van der Waals surface area contributed by atoms with Gasteiger partial charge < -0.3 is 20.5 Å². The predicted octanol–water partition coefficient (Wildman–Crippen LogP) is 5.92. The summed E-state index contributed by atoms with van der Waals surface area (Å²) < 4.78 is 5.23. The fraction of sp³-hybridized carbons (Fsp3) is 0.241. The smallest absolute Gasteiger partial charge is 0.338 e. The van der Waals surface area contributed by atoms with Crippen LogP contribution in [-0.2, 0) is 19.1 Å². The molecule has 1 unspecified atom stereocenters. The van der Waals surface area contributed by atoms with Crippen LogP contribution < -0.4 is 10.6 Å². The van der Waals surface area contributed by atoms with Crippen LogP contribution in [0, 0.1) is 0 Å². The van der Waals surface area contributed by atoms with Crippen LogP contribution >= 0.6 is 11.8 Å². The Morgan fingerprint density at radius 1 is 0.868 bits per heavy atom. The molecule has 0 saturated carbocycles. The van der Waals surface area contributed by atoms with E-state index in [2.05, 4.69) is 10.6 Å². The van der Waals surface area contributed by atoms with Crippen molar-refractivity contribution < 1.29 is 29.0 Å². The molecular weight excluding hydrogens is 504 g/mol. The van der Waals surface area contributed by atoms with E-state index in [1.807, 2.05) is 43.3 Å². The highest BCUT2D eigenvalue weighted by atomic mass is 32.2. The van der Waals surface area contributed by atoms with E-state index >= 15 is 0 Å². The molecular formula is C29H30N2O6S. The fourth-order valence-corrected chi connectivity index (χ4v) is 4.50. The lowest BCUT2D eigenvalue weighted by atomic mass is 10.1. The summed E-state index contributed by atoms with van der Waals surface area (Å²) in [6.45, 7) is 2.39. The Labute approximate surface area is 225 Å². The number of carboxylic acid groups (broad SMARTS) is 1. The topological polar surface area (TPSA) is 122 Å². The van der Waals surface area contributed by atoms with Gasteiger partial charge in [-0.1, -0.05) is 49.7 Å². The summed E-state index contributed by atoms with van der Waals surface area (Å²) in [6.07, 6.45) is 1.36. The van der Waals surface area contributed by atoms with Crippen molar-refractivity contribution in [3.8, 4) is 0 Å². The maximum Gasteiger partial charge on any atom is 0.338 e. The van der Waals surface area contributed by atoms with Gasteiger partial charge in [0, 0.05) is 22.7 Å². The average Bonchev–Trinajstić information content (AvgIpc) is 2.91. The second kappa shape index (κ2) is 14.6. The van der Waals surface area contributed by atoms with Crippen LogP contribution in [0.5, 0.6) is 0 Å². The summed E-state index contributed by atoms with van der Waals surface area (Å²) in [5, 5.41) is 13.8. The number of hydrogen-bond acceptors (Lipinski definition) is 6. The molecule has 0 heterocycles. The van der Waals surface area contributed by atoms with Gasteiger partial charge in [-0.2, -0.15) is 0 Å². The second-order valence-electron chi connectivity index (χ2n) is 8.43. The van der Waals surface area contributed by atoms with Crippen molar-refractivity contribution in [2.75, 3.05) is 17.2 Å². The summed E-state index contributed by atoms with van der Waals surface area (Å²) in [7, 11) is 0. The molecule has 8 nitrogen and oxygen atoms in total. The minimum absolute atomic E-state index is 0.128. The molecule has 9 heteroatoms. The number of aliphatic carboxylic acids is 1. The zero-order chi connectivity index (χ0) is 27.3. The molecule has 3 aromatic rings. The van der Waals surface area contributed by atoms with E-state index in [4.69, 9.17) is 9.84 Å². The first-order valence-electron chi connectivity index (χ1n) is 12.3. The number of hydrogen-bond donors (Lipinski definition) is 3. The van der Waals surface area contributed by atoms with E-state index in [1.54, 1.807) is 42.5 Å². The monoisotopic (exact) mass is 534 g/mol. The van der Waals surface area contributed by atoms with Gasteiger partial charge in [-0.05, 0) is 54.4 Å². The first kappa shape index (κ1) is 28.5. The van der Waals surface area contributed by atoms with E-state index in [-0.39, 0.29) is 18.7 Å². The molecule has 38 heavy (non-hydrogen) atoms. The third kappa shape index (κ3) is 9.08. The number of ether oxygens (including phenoxy) is 1. The summed E-state index contributed by atoms with van der Waals surface area (Å²) in [6, 6.07) is 22.9. The van der Waals surface area contributed by atoms with Gasteiger partial charge in [0.05, 0.1) is 18.6 Å². The number of carbonyl (C=O) groups excluding carboxylic acids is 3. The summed E-state index contributed by atoms with van der Waals surface area (Å²) >= 11 is 1.32. The second-order valence-corrected chi connectivity index (χ2v) is 9.61. The third-order valence-electron chi connectivity index (χ3n) is 5.40. The summed E-state index contributed by atoms with van der Waals surface area (Å²) in [5.74, 6) is -2.09. The van der Waals surface area contributed by atoms with Crippen LogP contribution in [0.4, 0.5) is 11.4 Å². The van der Waals surface area contributed by atoms with E-state index < -0.39 is 23.1 Å². The average molecular weight is 535 g/mol. The Kier molecular flexibility index (Phi) is 10.9. The van der Waals surface area contributed by atoms with Gasteiger partial charge in [0.1, 0.15) is 5.25 Å². The number of amides is 2. The molecule has 3 N–H and O–H groups in total. The molecule has 0 aromatic heterocycles. The van der Waals surface area contributed by atoms with Crippen LogP contribution in [0.25, 0.3) is 0 Å². The van der Waals surface area contributed by atoms with Crippen LogP contribution in [0.3, 0.4) is 0 Å². The van der Waals surface area contributed by atoms with Crippen LogP contribution in [0.15, 0.2) is 83.8 Å². The number of rotatable bonds is 13. The molecule has 0 bridgehead atoms. The van der Waals surface area contributed by atoms with Gasteiger partial charge in [0.2, 0.25) is 11.8 Å². The molecule has 0 aliphatic carbocycles. The number of carboxylic acids is 1. The van der Waals surface area contributed by atoms with E-state index in [0.29, 0.717) is 23.5 Å². The normalized spacial score (nSPS) is 11.3. The summed E-state index contributed by atoms with van der Waals surface area (Å²) in [5.41, 5.74) is 2.26. The molecule has 0 radical (unpaired) electrons. The zero-order valence-corrected chi connectivity index (χ0v) is 21.8. The fourth-order valence-electron chi connectivity index (χ4n) is 3.42. The molecule has 0 spiro atoms. The van der Waals surface area contributed by atoms with E-state index in [1.165, 1.54) is 11.8 Å². The largest absolute Gasteiger partial charge is 0.481 e. The maximum atomic E-state index is 13.4. The van der Waals surface area contributed by atoms with Gasteiger partial charge in [-0.15, -0.1) is 11.8 Å². The van der Waals surface area contributed by atoms with Gasteiger partial charge in [-0.25, -0.2) is 4.79 Å². The van der Waals surface area contributed by atoms with E-state index in [0.717, 1.165) is 23.3 Å². The van der Waals surface area contributed by atoms with Crippen molar-refractivity contribution in [3.05, 3.63) is 90.0 Å². The molecule has 0 saturated heterocycles. The van der Waals surface area contributed by atoms with Crippen molar-refractivity contribution in [3.63, 3.8) is 0 Å². The SMILES string of the molecule is CCCCOC(=O)c1ccc(NC(=O)C(Sc2cccc(NC(=O)CCC(=O)O)c2)c2ccccc2)cc1. The Bertz CT molecular complexity index is 1250. The number of esters is 1. The quantitative estimate of drug-likeness (QED) is 0.141. The number of thioether (sulfide) groups is 1. The van der Waals surface area contributed by atoms with Crippen molar-refractivity contribution in [1.82, 2.24) is 0 Å². The van der Waals surface area contributed by atoms with Gasteiger partial charge >= 0.3 is 11.9 Å². The first-order valence-corrected chi connectivity index (χ1v) is 13.1. The minimum atomic E-state index is -1.04. The molecule has 198 valence electrons. The predicted molar refractivity (Wildman–Crippen MR) is 147 cm³/mol. The Morgan fingerprint density at radius 3 is 2.29 bits per heavy atom. The zero-order valence-electron chi connectivity index (χ0n) is 21.0. The van der Waals surface area contributed by atoms with Crippen molar-refractivity contribution in [2.45, 2.75) is 42.8 Å². The van der Waals surface area contributed by atoms with Crippen molar-refractivity contribution >= 4 is 46.9 Å². The highest BCUT2D eigenvalue weighted by molar-refractivity contribution is 8.00.